The Bertz CT molecular complexity index is 179. The average Bonchev–Trinajstić information content (AvgIpc) is 1.99. The third-order valence-corrected chi connectivity index (χ3v) is 1.11. The monoisotopic (exact) mass is 152 g/mol. The summed E-state index contributed by atoms with van der Waals surface area (Å²) < 4.78 is 0. The molecule has 0 saturated carbocycles. The van der Waals surface area contributed by atoms with Crippen LogP contribution in [-0.2, 0) is 4.79 Å². The first-order valence-electron chi connectivity index (χ1n) is 3.56. The molecule has 0 aliphatic heterocycles. The zero-order chi connectivity index (χ0) is 8.53. The van der Waals surface area contributed by atoms with Crippen LogP contribution in [0.2, 0.25) is 0 Å². The van der Waals surface area contributed by atoms with Gasteiger partial charge in [0.15, 0.2) is 0 Å². The second kappa shape index (κ2) is 6.81. The largest absolute Gasteiger partial charge is 0.355 e. The van der Waals surface area contributed by atoms with Gasteiger partial charge in [-0.05, 0) is 13.3 Å². The maximum atomic E-state index is 10.6. The summed E-state index contributed by atoms with van der Waals surface area (Å²) in [5, 5.41) is 10.7. The predicted molar refractivity (Wildman–Crippen MR) is 42.7 cm³/mol. The number of nitriles is 1. The number of amides is 1. The van der Waals surface area contributed by atoms with E-state index in [2.05, 4.69) is 5.32 Å². The Morgan fingerprint density at radius 1 is 1.73 bits per heavy atom. The van der Waals surface area contributed by atoms with Gasteiger partial charge in [0.2, 0.25) is 5.91 Å². The summed E-state index contributed by atoms with van der Waals surface area (Å²) in [6.07, 6.45) is 4.67. The van der Waals surface area contributed by atoms with Gasteiger partial charge in [-0.2, -0.15) is 5.26 Å². The Morgan fingerprint density at radius 3 is 3.00 bits per heavy atom. The van der Waals surface area contributed by atoms with Crippen molar-refractivity contribution in [1.82, 2.24) is 5.32 Å². The van der Waals surface area contributed by atoms with Gasteiger partial charge >= 0.3 is 0 Å². The Morgan fingerprint density at radius 2 is 2.45 bits per heavy atom. The average molecular weight is 152 g/mol. The summed E-state index contributed by atoms with van der Waals surface area (Å²) in [4.78, 5) is 10.6. The summed E-state index contributed by atoms with van der Waals surface area (Å²) in [6, 6.07) is 1.78. The van der Waals surface area contributed by atoms with E-state index in [1.54, 1.807) is 6.07 Å². The molecule has 0 unspecified atom stereocenters. The number of hydrogen-bond donors (Lipinski definition) is 1. The second-order valence-corrected chi connectivity index (χ2v) is 2.04. The summed E-state index contributed by atoms with van der Waals surface area (Å²) in [6.45, 7) is 2.54. The number of nitrogens with zero attached hydrogens (tertiary/aromatic N) is 1. The molecule has 1 amide bonds. The van der Waals surface area contributed by atoms with E-state index >= 15 is 0 Å². The van der Waals surface area contributed by atoms with Crippen molar-refractivity contribution >= 4 is 5.91 Å². The first-order valence-corrected chi connectivity index (χ1v) is 3.56. The topological polar surface area (TPSA) is 52.9 Å². The van der Waals surface area contributed by atoms with Crippen LogP contribution in [0.5, 0.6) is 0 Å². The molecule has 0 saturated heterocycles. The highest BCUT2D eigenvalue weighted by molar-refractivity contribution is 5.77. The smallest absolute Gasteiger partial charge is 0.234 e. The molecule has 3 heteroatoms. The van der Waals surface area contributed by atoms with E-state index < -0.39 is 0 Å². The van der Waals surface area contributed by atoms with Crippen molar-refractivity contribution in [3.05, 3.63) is 12.2 Å². The van der Waals surface area contributed by atoms with Gasteiger partial charge in [0, 0.05) is 6.54 Å². The van der Waals surface area contributed by atoms with Crippen molar-refractivity contribution in [2.75, 3.05) is 6.54 Å². The molecule has 0 aromatic heterocycles. The molecule has 60 valence electrons. The lowest BCUT2D eigenvalue weighted by Gasteiger charge is -1.97. The highest BCUT2D eigenvalue weighted by Gasteiger charge is 1.95. The molecule has 1 N–H and O–H groups in total. The first kappa shape index (κ1) is 9.70. The van der Waals surface area contributed by atoms with Gasteiger partial charge in [-0.25, -0.2) is 0 Å². The minimum absolute atomic E-state index is 0.0458. The summed E-state index contributed by atoms with van der Waals surface area (Å²) in [5.41, 5.74) is 0. The number of rotatable bonds is 4. The van der Waals surface area contributed by atoms with Crippen molar-refractivity contribution in [3.63, 3.8) is 0 Å². The summed E-state index contributed by atoms with van der Waals surface area (Å²) in [7, 11) is 0. The van der Waals surface area contributed by atoms with Crippen LogP contribution in [0.3, 0.4) is 0 Å². The van der Waals surface area contributed by atoms with Crippen LogP contribution < -0.4 is 5.32 Å². The van der Waals surface area contributed by atoms with Gasteiger partial charge in [-0.1, -0.05) is 12.2 Å². The standard InChI is InChI=1S/C8H12N2O/c1-2-3-4-7-10-8(11)5-6-9/h2-3H,4-5,7H2,1H3,(H,10,11)/b3-2+. The maximum absolute atomic E-state index is 10.6. The first-order chi connectivity index (χ1) is 5.31. The minimum Gasteiger partial charge on any atom is -0.355 e. The van der Waals surface area contributed by atoms with Gasteiger partial charge in [0.25, 0.3) is 0 Å². The van der Waals surface area contributed by atoms with E-state index in [1.807, 2.05) is 19.1 Å². The fourth-order valence-corrected chi connectivity index (χ4v) is 0.596. The van der Waals surface area contributed by atoms with Crippen LogP contribution in [0, 0.1) is 11.3 Å². The molecular weight excluding hydrogens is 140 g/mol. The predicted octanol–water partition coefficient (Wildman–Crippen LogP) is 0.982. The van der Waals surface area contributed by atoms with Gasteiger partial charge in [0.05, 0.1) is 6.07 Å². The van der Waals surface area contributed by atoms with Crippen molar-refractivity contribution in [3.8, 4) is 6.07 Å². The quantitative estimate of drug-likeness (QED) is 0.482. The molecule has 0 aromatic rings. The fraction of sp³-hybridized carbons (Fsp3) is 0.500. The third kappa shape index (κ3) is 6.59. The third-order valence-electron chi connectivity index (χ3n) is 1.11. The van der Waals surface area contributed by atoms with E-state index in [-0.39, 0.29) is 12.3 Å². The van der Waals surface area contributed by atoms with Crippen LogP contribution in [-0.4, -0.2) is 12.5 Å². The summed E-state index contributed by atoms with van der Waals surface area (Å²) in [5.74, 6) is -0.197. The maximum Gasteiger partial charge on any atom is 0.234 e. The van der Waals surface area contributed by atoms with Crippen molar-refractivity contribution in [2.24, 2.45) is 0 Å². The molecule has 0 fully saturated rings. The fourth-order valence-electron chi connectivity index (χ4n) is 0.596. The number of carbonyl (C=O) groups excluding carboxylic acids is 1. The molecule has 0 aliphatic rings. The van der Waals surface area contributed by atoms with Gasteiger partial charge in [-0.3, -0.25) is 4.79 Å². The molecule has 0 atom stereocenters. The second-order valence-electron chi connectivity index (χ2n) is 2.04. The van der Waals surface area contributed by atoms with E-state index in [0.29, 0.717) is 6.54 Å². The van der Waals surface area contributed by atoms with Gasteiger partial charge < -0.3 is 5.32 Å². The molecular formula is C8H12N2O. The zero-order valence-electron chi connectivity index (χ0n) is 6.63. The van der Waals surface area contributed by atoms with E-state index in [9.17, 15) is 4.79 Å². The Balaban J connectivity index is 3.26. The van der Waals surface area contributed by atoms with Crippen LogP contribution in [0.15, 0.2) is 12.2 Å². The molecule has 0 heterocycles. The molecule has 0 spiro atoms. The lowest BCUT2D eigenvalue weighted by Crippen LogP contribution is -2.23. The van der Waals surface area contributed by atoms with Crippen LogP contribution in [0.1, 0.15) is 19.8 Å². The summed E-state index contributed by atoms with van der Waals surface area (Å²) >= 11 is 0. The number of hydrogen-bond acceptors (Lipinski definition) is 2. The Hall–Kier alpha value is -1.30. The highest BCUT2D eigenvalue weighted by Crippen LogP contribution is 1.81. The zero-order valence-corrected chi connectivity index (χ0v) is 6.63. The van der Waals surface area contributed by atoms with Gasteiger partial charge in [0.1, 0.15) is 6.42 Å². The molecule has 0 radical (unpaired) electrons. The molecule has 11 heavy (non-hydrogen) atoms. The molecule has 0 aromatic carbocycles. The van der Waals surface area contributed by atoms with Crippen molar-refractivity contribution in [2.45, 2.75) is 19.8 Å². The van der Waals surface area contributed by atoms with E-state index in [0.717, 1.165) is 6.42 Å². The van der Waals surface area contributed by atoms with E-state index in [4.69, 9.17) is 5.26 Å². The van der Waals surface area contributed by atoms with Crippen LogP contribution in [0.4, 0.5) is 0 Å². The minimum atomic E-state index is -0.197. The van der Waals surface area contributed by atoms with Gasteiger partial charge in [-0.15, -0.1) is 0 Å². The molecule has 0 bridgehead atoms. The molecule has 0 rings (SSSR count). The Kier molecular flexibility index (Phi) is 6.01. The number of nitrogens with one attached hydrogen (secondary N) is 1. The highest BCUT2D eigenvalue weighted by atomic mass is 16.1. The SMILES string of the molecule is C/C=C/CCNC(=O)CC#N. The number of allylic oxidation sites excluding steroid dienone is 1. The Labute approximate surface area is 66.7 Å². The number of carbonyl (C=O) groups is 1. The lowest BCUT2D eigenvalue weighted by atomic mass is 10.3. The molecule has 3 nitrogen and oxygen atoms in total. The normalized spacial score (nSPS) is 9.45. The van der Waals surface area contributed by atoms with Crippen molar-refractivity contribution < 1.29 is 4.79 Å². The van der Waals surface area contributed by atoms with Crippen LogP contribution >= 0.6 is 0 Å². The lowest BCUT2D eigenvalue weighted by molar-refractivity contribution is -0.120. The van der Waals surface area contributed by atoms with Crippen molar-refractivity contribution in [1.29, 1.82) is 5.26 Å². The van der Waals surface area contributed by atoms with Crippen LogP contribution in [0.25, 0.3) is 0 Å². The van der Waals surface area contributed by atoms with E-state index in [1.165, 1.54) is 0 Å². The molecule has 0 aliphatic carbocycles.